The number of halogens is 4. The number of non-ortho nitro benzene ring substituents is 1. The van der Waals surface area contributed by atoms with Crippen LogP contribution >= 0.6 is 11.8 Å². The number of nitrogens with zero attached hydrogens (tertiary/aromatic N) is 1. The van der Waals surface area contributed by atoms with Crippen LogP contribution < -0.4 is 5.32 Å². The molecule has 0 saturated heterocycles. The Labute approximate surface area is 104 Å². The van der Waals surface area contributed by atoms with Gasteiger partial charge in [0.25, 0.3) is 5.69 Å². The monoisotopic (exact) mass is 284 g/mol. The first kappa shape index (κ1) is 14.6. The summed E-state index contributed by atoms with van der Waals surface area (Å²) in [6.45, 7) is -0.0983. The number of hydrogen-bond acceptors (Lipinski definition) is 4. The molecule has 1 aromatic carbocycles. The number of nitro benzene ring substituents is 1. The van der Waals surface area contributed by atoms with Crippen LogP contribution in [0.4, 0.5) is 28.9 Å². The van der Waals surface area contributed by atoms with E-state index in [2.05, 4.69) is 5.32 Å². The quantitative estimate of drug-likeness (QED) is 0.390. The highest BCUT2D eigenvalue weighted by Crippen LogP contribution is 2.29. The first-order chi connectivity index (χ1) is 8.29. The summed E-state index contributed by atoms with van der Waals surface area (Å²) in [7, 11) is 0. The number of nitro groups is 1. The van der Waals surface area contributed by atoms with Crippen molar-refractivity contribution in [2.75, 3.05) is 17.6 Å². The highest BCUT2D eigenvalue weighted by atomic mass is 32.2. The van der Waals surface area contributed by atoms with Gasteiger partial charge in [-0.15, -0.1) is 0 Å². The van der Waals surface area contributed by atoms with Crippen molar-refractivity contribution in [2.24, 2.45) is 0 Å². The highest BCUT2D eigenvalue weighted by molar-refractivity contribution is 8.00. The number of hydrogen-bond donors (Lipinski definition) is 1. The molecule has 4 nitrogen and oxygen atoms in total. The van der Waals surface area contributed by atoms with E-state index in [1.54, 1.807) is 0 Å². The molecule has 1 aromatic rings. The zero-order valence-electron chi connectivity index (χ0n) is 8.83. The summed E-state index contributed by atoms with van der Waals surface area (Å²) in [5, 5.41) is 12.8. The topological polar surface area (TPSA) is 55.2 Å². The van der Waals surface area contributed by atoms with Gasteiger partial charge >= 0.3 is 5.51 Å². The molecule has 0 heterocycles. The fourth-order valence-electron chi connectivity index (χ4n) is 1.11. The van der Waals surface area contributed by atoms with Gasteiger partial charge in [0, 0.05) is 18.4 Å². The van der Waals surface area contributed by atoms with Gasteiger partial charge in [-0.3, -0.25) is 10.1 Å². The summed E-state index contributed by atoms with van der Waals surface area (Å²) in [5.41, 5.74) is -4.80. The Morgan fingerprint density at radius 2 is 2.06 bits per heavy atom. The molecule has 0 aromatic heterocycles. The second-order valence-electron chi connectivity index (χ2n) is 3.14. The van der Waals surface area contributed by atoms with Crippen molar-refractivity contribution >= 4 is 23.1 Å². The molecule has 18 heavy (non-hydrogen) atoms. The van der Waals surface area contributed by atoms with Gasteiger partial charge in [0.05, 0.1) is 16.7 Å². The van der Waals surface area contributed by atoms with E-state index in [1.807, 2.05) is 0 Å². The van der Waals surface area contributed by atoms with Crippen LogP contribution in [-0.2, 0) is 0 Å². The van der Waals surface area contributed by atoms with Crippen molar-refractivity contribution in [1.29, 1.82) is 0 Å². The van der Waals surface area contributed by atoms with Gasteiger partial charge in [0.15, 0.2) is 5.82 Å². The van der Waals surface area contributed by atoms with Crippen molar-refractivity contribution < 1.29 is 22.5 Å². The van der Waals surface area contributed by atoms with Crippen molar-refractivity contribution in [1.82, 2.24) is 0 Å². The van der Waals surface area contributed by atoms with E-state index in [0.717, 1.165) is 12.1 Å². The number of benzene rings is 1. The molecule has 0 amide bonds. The lowest BCUT2D eigenvalue weighted by atomic mass is 10.2. The largest absolute Gasteiger partial charge is 0.441 e. The Balaban J connectivity index is 2.51. The number of alkyl halides is 3. The van der Waals surface area contributed by atoms with Crippen LogP contribution in [0.5, 0.6) is 0 Å². The minimum atomic E-state index is -4.32. The highest BCUT2D eigenvalue weighted by Gasteiger charge is 2.27. The lowest BCUT2D eigenvalue weighted by Crippen LogP contribution is -2.10. The molecule has 0 aliphatic carbocycles. The second kappa shape index (κ2) is 5.89. The van der Waals surface area contributed by atoms with Crippen molar-refractivity contribution in [2.45, 2.75) is 5.51 Å². The first-order valence-electron chi connectivity index (χ1n) is 4.68. The summed E-state index contributed by atoms with van der Waals surface area (Å²) in [4.78, 5) is 9.57. The third kappa shape index (κ3) is 4.78. The molecular weight excluding hydrogens is 276 g/mol. The van der Waals surface area contributed by atoms with Gasteiger partial charge in [0.1, 0.15) is 0 Å². The molecule has 1 rings (SSSR count). The van der Waals surface area contributed by atoms with E-state index in [9.17, 15) is 27.7 Å². The average Bonchev–Trinajstić information content (AvgIpc) is 2.24. The molecule has 0 spiro atoms. The zero-order valence-corrected chi connectivity index (χ0v) is 9.65. The van der Waals surface area contributed by atoms with Crippen LogP contribution in [0.2, 0.25) is 0 Å². The van der Waals surface area contributed by atoms with Crippen LogP contribution in [0, 0.1) is 15.9 Å². The lowest BCUT2D eigenvalue weighted by molar-refractivity contribution is -0.385. The Bertz CT molecular complexity index is 439. The molecule has 0 unspecified atom stereocenters. The average molecular weight is 284 g/mol. The number of nitrogens with one attached hydrogen (secondary N) is 1. The maximum Gasteiger partial charge on any atom is 0.441 e. The van der Waals surface area contributed by atoms with Crippen molar-refractivity contribution in [3.8, 4) is 0 Å². The zero-order chi connectivity index (χ0) is 13.8. The molecular formula is C9H8F4N2O2S. The number of thioether (sulfide) groups is 1. The normalized spacial score (nSPS) is 11.3. The van der Waals surface area contributed by atoms with Gasteiger partial charge in [-0.05, 0) is 17.8 Å². The summed E-state index contributed by atoms with van der Waals surface area (Å²) in [6.07, 6.45) is 0. The third-order valence-corrected chi connectivity index (χ3v) is 2.58. The fraction of sp³-hybridized carbons (Fsp3) is 0.333. The molecule has 0 aliphatic rings. The summed E-state index contributed by atoms with van der Waals surface area (Å²) < 4.78 is 48.6. The minimum Gasteiger partial charge on any atom is -0.382 e. The third-order valence-electron chi connectivity index (χ3n) is 1.85. The lowest BCUT2D eigenvalue weighted by Gasteiger charge is -2.08. The molecule has 100 valence electrons. The molecule has 0 atom stereocenters. The molecule has 0 aliphatic heterocycles. The van der Waals surface area contributed by atoms with Crippen LogP contribution in [0.3, 0.4) is 0 Å². The van der Waals surface area contributed by atoms with E-state index in [-0.39, 0.29) is 29.7 Å². The Morgan fingerprint density at radius 3 is 2.56 bits per heavy atom. The summed E-state index contributed by atoms with van der Waals surface area (Å²) >= 11 is -0.226. The molecule has 1 N–H and O–H groups in total. The van der Waals surface area contributed by atoms with Crippen molar-refractivity contribution in [3.63, 3.8) is 0 Å². The van der Waals surface area contributed by atoms with E-state index in [0.29, 0.717) is 6.07 Å². The first-order valence-corrected chi connectivity index (χ1v) is 5.66. The van der Waals surface area contributed by atoms with Gasteiger partial charge in [0.2, 0.25) is 0 Å². The SMILES string of the molecule is O=[N+]([O-])c1ccc(NCCSC(F)(F)F)c(F)c1. The maximum atomic E-state index is 13.3. The van der Waals surface area contributed by atoms with Crippen LogP contribution in [0.15, 0.2) is 18.2 Å². The van der Waals surface area contributed by atoms with Gasteiger partial charge in [-0.2, -0.15) is 13.2 Å². The maximum absolute atomic E-state index is 13.3. The van der Waals surface area contributed by atoms with Gasteiger partial charge in [-0.25, -0.2) is 4.39 Å². The van der Waals surface area contributed by atoms with E-state index in [4.69, 9.17) is 0 Å². The van der Waals surface area contributed by atoms with Gasteiger partial charge < -0.3 is 5.32 Å². The van der Waals surface area contributed by atoms with E-state index < -0.39 is 21.9 Å². The predicted octanol–water partition coefficient (Wildman–Crippen LogP) is 3.40. The Morgan fingerprint density at radius 1 is 1.39 bits per heavy atom. The molecule has 0 bridgehead atoms. The number of anilines is 1. The van der Waals surface area contributed by atoms with E-state index >= 15 is 0 Å². The fourth-order valence-corrected chi connectivity index (χ4v) is 1.55. The standard InChI is InChI=1S/C9H8F4N2O2S/c10-7-5-6(15(16)17)1-2-8(7)14-3-4-18-9(11,12)13/h1-2,5,14H,3-4H2. The van der Waals surface area contributed by atoms with Gasteiger partial charge in [-0.1, -0.05) is 0 Å². The minimum absolute atomic E-state index is 0.0663. The van der Waals surface area contributed by atoms with Crippen molar-refractivity contribution in [3.05, 3.63) is 34.1 Å². The van der Waals surface area contributed by atoms with Crippen LogP contribution in [0.25, 0.3) is 0 Å². The second-order valence-corrected chi connectivity index (χ2v) is 4.30. The van der Waals surface area contributed by atoms with Crippen LogP contribution in [0.1, 0.15) is 0 Å². The summed E-state index contributed by atoms with van der Waals surface area (Å²) in [6, 6.07) is 2.90. The predicted molar refractivity (Wildman–Crippen MR) is 60.1 cm³/mol. The molecule has 0 fully saturated rings. The Hall–Kier alpha value is -1.51. The smallest absolute Gasteiger partial charge is 0.382 e. The van der Waals surface area contributed by atoms with Crippen LogP contribution in [-0.4, -0.2) is 22.7 Å². The molecule has 9 heteroatoms. The molecule has 0 radical (unpaired) electrons. The van der Waals surface area contributed by atoms with E-state index in [1.165, 1.54) is 0 Å². The number of rotatable bonds is 5. The summed E-state index contributed by atoms with van der Waals surface area (Å²) in [5.74, 6) is -1.15. The Kier molecular flexibility index (Phi) is 4.76. The molecule has 0 saturated carbocycles.